The van der Waals surface area contributed by atoms with Crippen molar-refractivity contribution in [3.05, 3.63) is 58.2 Å². The number of imidazole rings is 1. The molecule has 1 aromatic carbocycles. The fourth-order valence-corrected chi connectivity index (χ4v) is 4.57. The van der Waals surface area contributed by atoms with E-state index >= 15 is 0 Å². The van der Waals surface area contributed by atoms with E-state index < -0.39 is 0 Å². The van der Waals surface area contributed by atoms with Crippen LogP contribution in [0.2, 0.25) is 10.0 Å². The molecule has 0 radical (unpaired) electrons. The van der Waals surface area contributed by atoms with Crippen molar-refractivity contribution in [3.63, 3.8) is 0 Å². The first-order valence-electron chi connectivity index (χ1n) is 10.6. The Labute approximate surface area is 204 Å². The smallest absolute Gasteiger partial charge is 0.253 e. The number of nitrogens with two attached hydrogens (primary N) is 1. The summed E-state index contributed by atoms with van der Waals surface area (Å²) in [6, 6.07) is 5.09. The summed E-state index contributed by atoms with van der Waals surface area (Å²) in [6.45, 7) is 1.23. The lowest BCUT2D eigenvalue weighted by molar-refractivity contribution is 0.0940. The van der Waals surface area contributed by atoms with Crippen molar-refractivity contribution in [1.29, 1.82) is 0 Å². The van der Waals surface area contributed by atoms with E-state index in [1.807, 2.05) is 11.1 Å². The summed E-state index contributed by atoms with van der Waals surface area (Å²) in [5.41, 5.74) is 8.21. The lowest BCUT2D eigenvalue weighted by atomic mass is 10.1. The van der Waals surface area contributed by atoms with Crippen LogP contribution in [0.15, 0.2) is 41.4 Å². The van der Waals surface area contributed by atoms with E-state index in [1.165, 1.54) is 6.20 Å². The Kier molecular flexibility index (Phi) is 6.03. The zero-order valence-corrected chi connectivity index (χ0v) is 19.4. The van der Waals surface area contributed by atoms with Crippen LogP contribution in [0.1, 0.15) is 22.5 Å². The highest BCUT2D eigenvalue weighted by Gasteiger charge is 2.29. The molecule has 176 valence electrons. The van der Waals surface area contributed by atoms with Gasteiger partial charge in [0.15, 0.2) is 11.6 Å². The normalized spacial score (nSPS) is 15.9. The summed E-state index contributed by atoms with van der Waals surface area (Å²) in [4.78, 5) is 23.6. The van der Waals surface area contributed by atoms with Crippen LogP contribution >= 0.6 is 23.2 Å². The fraction of sp³-hybridized carbons (Fsp3) is 0.273. The largest absolute Gasteiger partial charge is 0.396 e. The standard InChI is InChI=1S/C22H21Cl2N7O3/c23-16-7-14(31-9-12(4-6-32)27-11-31)1-2-15(16)22(33)28-13-3-5-30(10-13)21-19-18(17(24)8-26-21)20(25)29-34-19/h1-2,7-9,11,13,32H,3-6,10H2,(H2,25,29)(H,28,33)/t13-/m1/s1. The maximum atomic E-state index is 12.9. The van der Waals surface area contributed by atoms with E-state index in [4.69, 9.17) is 38.6 Å². The van der Waals surface area contributed by atoms with Gasteiger partial charge in [-0.2, -0.15) is 0 Å². The van der Waals surface area contributed by atoms with Crippen molar-refractivity contribution in [2.24, 2.45) is 0 Å². The monoisotopic (exact) mass is 501 g/mol. The molecule has 4 aromatic rings. The van der Waals surface area contributed by atoms with Gasteiger partial charge in [-0.1, -0.05) is 28.4 Å². The van der Waals surface area contributed by atoms with Crippen LogP contribution in [-0.2, 0) is 6.42 Å². The topological polar surface area (TPSA) is 135 Å². The van der Waals surface area contributed by atoms with Crippen molar-refractivity contribution in [3.8, 4) is 5.69 Å². The minimum absolute atomic E-state index is 0.0287. The van der Waals surface area contributed by atoms with E-state index in [9.17, 15) is 4.79 Å². The molecule has 0 aliphatic carbocycles. The maximum absolute atomic E-state index is 12.9. The van der Waals surface area contributed by atoms with Crippen molar-refractivity contribution in [2.75, 3.05) is 30.3 Å². The minimum atomic E-state index is -0.256. The Bertz CT molecular complexity index is 1370. The van der Waals surface area contributed by atoms with Crippen LogP contribution in [0.4, 0.5) is 11.6 Å². The molecule has 0 unspecified atom stereocenters. The predicted molar refractivity (Wildman–Crippen MR) is 129 cm³/mol. The zero-order chi connectivity index (χ0) is 23.8. The Morgan fingerprint density at radius 3 is 2.94 bits per heavy atom. The fourth-order valence-electron chi connectivity index (χ4n) is 4.08. The van der Waals surface area contributed by atoms with E-state index in [-0.39, 0.29) is 24.4 Å². The van der Waals surface area contributed by atoms with Gasteiger partial charge in [-0.15, -0.1) is 0 Å². The van der Waals surface area contributed by atoms with Crippen molar-refractivity contribution in [1.82, 2.24) is 25.0 Å². The van der Waals surface area contributed by atoms with Crippen LogP contribution in [0.25, 0.3) is 16.7 Å². The SMILES string of the molecule is Nc1noc2c(N3CC[C@@H](NC(=O)c4ccc(-n5cnc(CCO)c5)cc4Cl)C3)ncc(Cl)c12. The molecule has 1 aliphatic rings. The maximum Gasteiger partial charge on any atom is 0.253 e. The van der Waals surface area contributed by atoms with Gasteiger partial charge in [0.25, 0.3) is 5.91 Å². The number of aliphatic hydroxyl groups excluding tert-OH is 1. The van der Waals surface area contributed by atoms with Crippen molar-refractivity contribution < 1.29 is 14.4 Å². The molecule has 12 heteroatoms. The lowest BCUT2D eigenvalue weighted by Crippen LogP contribution is -2.37. The number of halogens is 2. The van der Waals surface area contributed by atoms with Gasteiger partial charge in [-0.25, -0.2) is 9.97 Å². The van der Waals surface area contributed by atoms with Crippen LogP contribution in [-0.4, -0.2) is 56.4 Å². The first-order chi connectivity index (χ1) is 16.4. The zero-order valence-electron chi connectivity index (χ0n) is 17.9. The summed E-state index contributed by atoms with van der Waals surface area (Å²) in [5.74, 6) is 0.544. The average molecular weight is 502 g/mol. The number of rotatable bonds is 6. The molecule has 4 N–H and O–H groups in total. The number of carbonyl (C=O) groups is 1. The van der Waals surface area contributed by atoms with E-state index in [2.05, 4.69) is 20.4 Å². The van der Waals surface area contributed by atoms with Gasteiger partial charge < -0.3 is 30.1 Å². The van der Waals surface area contributed by atoms with Crippen LogP contribution in [0, 0.1) is 0 Å². The number of pyridine rings is 1. The molecule has 3 aromatic heterocycles. The third-order valence-electron chi connectivity index (χ3n) is 5.78. The van der Waals surface area contributed by atoms with Crippen molar-refractivity contribution in [2.45, 2.75) is 18.9 Å². The summed E-state index contributed by atoms with van der Waals surface area (Å²) >= 11 is 12.6. The van der Waals surface area contributed by atoms with Crippen molar-refractivity contribution >= 4 is 51.7 Å². The Morgan fingerprint density at radius 2 is 2.15 bits per heavy atom. The van der Waals surface area contributed by atoms with Gasteiger partial charge in [0.1, 0.15) is 0 Å². The molecule has 5 rings (SSSR count). The second-order valence-corrected chi connectivity index (χ2v) is 8.83. The molecule has 1 aliphatic heterocycles. The Morgan fingerprint density at radius 1 is 1.29 bits per heavy atom. The minimum Gasteiger partial charge on any atom is -0.396 e. The number of aliphatic hydroxyl groups is 1. The van der Waals surface area contributed by atoms with E-state index in [0.29, 0.717) is 51.9 Å². The number of aromatic nitrogens is 4. The average Bonchev–Trinajstić information content (AvgIpc) is 3.55. The number of hydrogen-bond acceptors (Lipinski definition) is 8. The van der Waals surface area contributed by atoms with Gasteiger partial charge in [-0.05, 0) is 24.6 Å². The van der Waals surface area contributed by atoms with E-state index in [0.717, 1.165) is 17.8 Å². The Hall–Kier alpha value is -3.34. The number of hydrogen-bond donors (Lipinski definition) is 3. The number of nitrogen functional groups attached to an aromatic ring is 1. The molecule has 0 spiro atoms. The number of amides is 1. The number of nitrogens with one attached hydrogen (secondary N) is 1. The molecular formula is C22H21Cl2N7O3. The molecular weight excluding hydrogens is 481 g/mol. The number of nitrogens with zero attached hydrogens (tertiary/aromatic N) is 5. The summed E-state index contributed by atoms with van der Waals surface area (Å²) in [7, 11) is 0. The number of benzene rings is 1. The third kappa shape index (κ3) is 4.15. The molecule has 1 atom stereocenters. The lowest BCUT2D eigenvalue weighted by Gasteiger charge is -2.18. The second-order valence-electron chi connectivity index (χ2n) is 8.02. The number of carbonyl (C=O) groups excluding carboxylic acids is 1. The molecule has 10 nitrogen and oxygen atoms in total. The van der Waals surface area contributed by atoms with Crippen LogP contribution in [0.3, 0.4) is 0 Å². The van der Waals surface area contributed by atoms with Gasteiger partial charge in [0.05, 0.1) is 33.0 Å². The highest BCUT2D eigenvalue weighted by molar-refractivity contribution is 6.36. The summed E-state index contributed by atoms with van der Waals surface area (Å²) in [6.07, 6.45) is 6.18. The van der Waals surface area contributed by atoms with Crippen LogP contribution in [0.5, 0.6) is 0 Å². The van der Waals surface area contributed by atoms with Gasteiger partial charge in [0, 0.05) is 50.2 Å². The second kappa shape index (κ2) is 9.13. The highest BCUT2D eigenvalue weighted by atomic mass is 35.5. The first kappa shape index (κ1) is 22.5. The third-order valence-corrected chi connectivity index (χ3v) is 6.38. The number of anilines is 2. The molecule has 1 fully saturated rings. The van der Waals surface area contributed by atoms with Gasteiger partial charge >= 0.3 is 0 Å². The Balaban J connectivity index is 1.28. The quantitative estimate of drug-likeness (QED) is 0.366. The first-order valence-corrected chi connectivity index (χ1v) is 11.4. The number of fused-ring (bicyclic) bond motifs is 1. The van der Waals surface area contributed by atoms with Gasteiger partial charge in [-0.3, -0.25) is 4.79 Å². The summed E-state index contributed by atoms with van der Waals surface area (Å²) < 4.78 is 7.15. The molecule has 1 saturated heterocycles. The van der Waals surface area contributed by atoms with E-state index in [1.54, 1.807) is 29.1 Å². The highest BCUT2D eigenvalue weighted by Crippen LogP contribution is 2.35. The molecule has 0 bridgehead atoms. The molecule has 4 heterocycles. The molecule has 0 saturated carbocycles. The summed E-state index contributed by atoms with van der Waals surface area (Å²) in [5, 5.41) is 17.1. The van der Waals surface area contributed by atoms with Crippen LogP contribution < -0.4 is 16.0 Å². The predicted octanol–water partition coefficient (Wildman–Crippen LogP) is 2.84. The van der Waals surface area contributed by atoms with Gasteiger partial charge in [0.2, 0.25) is 5.58 Å². The molecule has 34 heavy (non-hydrogen) atoms. The molecule has 1 amide bonds.